The van der Waals surface area contributed by atoms with E-state index in [4.69, 9.17) is 4.84 Å². The summed E-state index contributed by atoms with van der Waals surface area (Å²) in [6.45, 7) is 2.84. The van der Waals surface area contributed by atoms with E-state index in [0.717, 1.165) is 23.9 Å². The standard InChI is InChI=1S/C16H19BrN2O2/c1-9-15-14(18(2)21-9)8-13-12-7-11(17)4-3-10(12)5-6-19(13)16(15)20/h3-4,7,9,13-15H,5-6,8H2,1-2H3/t9-,13-,14-,15-/m0/s1. The molecule has 0 saturated carbocycles. The minimum absolute atomic E-state index is 0.0139. The quantitative estimate of drug-likeness (QED) is 0.720. The Kier molecular flexibility index (Phi) is 3.14. The summed E-state index contributed by atoms with van der Waals surface area (Å²) < 4.78 is 1.09. The Hall–Kier alpha value is -0.910. The van der Waals surface area contributed by atoms with Crippen LogP contribution in [-0.4, -0.2) is 41.6 Å². The van der Waals surface area contributed by atoms with Gasteiger partial charge in [0.05, 0.1) is 24.1 Å². The van der Waals surface area contributed by atoms with Crippen LogP contribution in [0.25, 0.3) is 0 Å². The van der Waals surface area contributed by atoms with Crippen molar-refractivity contribution in [3.05, 3.63) is 33.8 Å². The number of halogens is 1. The monoisotopic (exact) mass is 350 g/mol. The van der Waals surface area contributed by atoms with Crippen LogP contribution in [0.3, 0.4) is 0 Å². The third-order valence-corrected chi connectivity index (χ3v) is 5.71. The lowest BCUT2D eigenvalue weighted by Crippen LogP contribution is -2.54. The first kappa shape index (κ1) is 13.7. The fourth-order valence-corrected chi connectivity index (χ4v) is 4.59. The Balaban J connectivity index is 1.75. The number of hydroxylamine groups is 2. The average Bonchev–Trinajstić information content (AvgIpc) is 2.74. The summed E-state index contributed by atoms with van der Waals surface area (Å²) in [6, 6.07) is 6.84. The Morgan fingerprint density at radius 1 is 1.38 bits per heavy atom. The van der Waals surface area contributed by atoms with E-state index in [1.165, 1.54) is 11.1 Å². The Morgan fingerprint density at radius 2 is 2.19 bits per heavy atom. The lowest BCUT2D eigenvalue weighted by Gasteiger charge is -2.45. The second-order valence-corrected chi connectivity index (χ2v) is 7.24. The van der Waals surface area contributed by atoms with Crippen LogP contribution >= 0.6 is 15.9 Å². The molecule has 1 aromatic carbocycles. The molecule has 112 valence electrons. The molecular weight excluding hydrogens is 332 g/mol. The second-order valence-electron chi connectivity index (χ2n) is 6.33. The van der Waals surface area contributed by atoms with Gasteiger partial charge in [0.1, 0.15) is 0 Å². The number of hydrogen-bond donors (Lipinski definition) is 0. The second kappa shape index (κ2) is 4.80. The highest BCUT2D eigenvalue weighted by Crippen LogP contribution is 2.44. The number of carbonyl (C=O) groups excluding carboxylic acids is 1. The van der Waals surface area contributed by atoms with Gasteiger partial charge in [-0.05, 0) is 43.0 Å². The summed E-state index contributed by atoms with van der Waals surface area (Å²) >= 11 is 3.56. The van der Waals surface area contributed by atoms with Crippen molar-refractivity contribution < 1.29 is 9.63 Å². The zero-order chi connectivity index (χ0) is 14.7. The van der Waals surface area contributed by atoms with Crippen molar-refractivity contribution in [2.24, 2.45) is 5.92 Å². The zero-order valence-corrected chi connectivity index (χ0v) is 13.8. The first-order valence-electron chi connectivity index (χ1n) is 7.54. The minimum atomic E-state index is -0.0163. The van der Waals surface area contributed by atoms with Crippen molar-refractivity contribution in [3.8, 4) is 0 Å². The molecule has 0 N–H and O–H groups in total. The molecule has 2 fully saturated rings. The highest BCUT2D eigenvalue weighted by Gasteiger charge is 2.52. The Labute approximate surface area is 133 Å². The topological polar surface area (TPSA) is 32.8 Å². The molecule has 3 aliphatic heterocycles. The first-order chi connectivity index (χ1) is 10.1. The molecular formula is C16H19BrN2O2. The van der Waals surface area contributed by atoms with Gasteiger partial charge in [-0.15, -0.1) is 0 Å². The fraction of sp³-hybridized carbons (Fsp3) is 0.562. The molecule has 21 heavy (non-hydrogen) atoms. The molecule has 0 unspecified atom stereocenters. The van der Waals surface area contributed by atoms with Crippen LogP contribution in [0.1, 0.15) is 30.5 Å². The number of carbonyl (C=O) groups is 1. The molecule has 3 heterocycles. The van der Waals surface area contributed by atoms with E-state index < -0.39 is 0 Å². The molecule has 4 rings (SSSR count). The van der Waals surface area contributed by atoms with Crippen molar-refractivity contribution in [1.29, 1.82) is 0 Å². The average molecular weight is 351 g/mol. The smallest absolute Gasteiger partial charge is 0.230 e. The number of benzene rings is 1. The normalized spacial score (nSPS) is 35.4. The summed E-state index contributed by atoms with van der Waals surface area (Å²) in [7, 11) is 1.95. The van der Waals surface area contributed by atoms with Gasteiger partial charge in [0.2, 0.25) is 5.91 Å². The predicted molar refractivity (Wildman–Crippen MR) is 82.5 cm³/mol. The van der Waals surface area contributed by atoms with Crippen molar-refractivity contribution in [2.75, 3.05) is 13.6 Å². The van der Waals surface area contributed by atoms with Gasteiger partial charge in [0.25, 0.3) is 0 Å². The van der Waals surface area contributed by atoms with Gasteiger partial charge in [-0.3, -0.25) is 9.63 Å². The zero-order valence-electron chi connectivity index (χ0n) is 12.3. The lowest BCUT2D eigenvalue weighted by atomic mass is 9.79. The molecule has 5 heteroatoms. The molecule has 4 nitrogen and oxygen atoms in total. The number of fused-ring (bicyclic) bond motifs is 4. The van der Waals surface area contributed by atoms with Gasteiger partial charge in [0, 0.05) is 18.1 Å². The van der Waals surface area contributed by atoms with Crippen LogP contribution in [0.2, 0.25) is 0 Å². The maximum absolute atomic E-state index is 12.9. The third kappa shape index (κ3) is 1.98. The van der Waals surface area contributed by atoms with Gasteiger partial charge in [-0.1, -0.05) is 22.0 Å². The van der Waals surface area contributed by atoms with Crippen LogP contribution in [0.4, 0.5) is 0 Å². The molecule has 0 aromatic heterocycles. The van der Waals surface area contributed by atoms with Crippen LogP contribution in [-0.2, 0) is 16.1 Å². The maximum Gasteiger partial charge on any atom is 0.230 e. The molecule has 1 aromatic rings. The van der Waals surface area contributed by atoms with E-state index in [1.54, 1.807) is 0 Å². The molecule has 4 atom stereocenters. The molecule has 1 amide bonds. The van der Waals surface area contributed by atoms with E-state index in [1.807, 2.05) is 19.0 Å². The maximum atomic E-state index is 12.9. The fourth-order valence-electron chi connectivity index (χ4n) is 4.21. The molecule has 0 aliphatic carbocycles. The van der Waals surface area contributed by atoms with Crippen LogP contribution in [0.15, 0.2) is 22.7 Å². The van der Waals surface area contributed by atoms with Gasteiger partial charge in [0.15, 0.2) is 0 Å². The summed E-state index contributed by atoms with van der Waals surface area (Å²) in [6.07, 6.45) is 1.89. The number of amides is 1. The molecule has 0 spiro atoms. The Bertz CT molecular complexity index is 606. The summed E-state index contributed by atoms with van der Waals surface area (Å²) in [4.78, 5) is 20.8. The van der Waals surface area contributed by atoms with E-state index in [9.17, 15) is 4.79 Å². The first-order valence-corrected chi connectivity index (χ1v) is 8.34. The van der Waals surface area contributed by atoms with Gasteiger partial charge >= 0.3 is 0 Å². The number of piperidine rings is 1. The molecule has 0 bridgehead atoms. The van der Waals surface area contributed by atoms with E-state index >= 15 is 0 Å². The van der Waals surface area contributed by atoms with Crippen LogP contribution in [0, 0.1) is 5.92 Å². The van der Waals surface area contributed by atoms with Gasteiger partial charge < -0.3 is 4.90 Å². The van der Waals surface area contributed by atoms with Crippen molar-refractivity contribution in [2.45, 2.75) is 38.0 Å². The number of hydrogen-bond acceptors (Lipinski definition) is 3. The summed E-state index contributed by atoms with van der Waals surface area (Å²) in [5, 5.41) is 1.90. The van der Waals surface area contributed by atoms with Crippen molar-refractivity contribution in [1.82, 2.24) is 9.96 Å². The van der Waals surface area contributed by atoms with Crippen molar-refractivity contribution >= 4 is 21.8 Å². The van der Waals surface area contributed by atoms with Crippen molar-refractivity contribution in [3.63, 3.8) is 0 Å². The lowest BCUT2D eigenvalue weighted by molar-refractivity contribution is -0.145. The number of nitrogens with zero attached hydrogens (tertiary/aromatic N) is 2. The SMILES string of the molecule is C[C@@H]1ON(C)[C@H]2C[C@H]3c4cc(Br)ccc4CCN3C(=O)[C@@H]12. The highest BCUT2D eigenvalue weighted by molar-refractivity contribution is 9.10. The predicted octanol–water partition coefficient (Wildman–Crippen LogP) is 2.53. The largest absolute Gasteiger partial charge is 0.335 e. The van der Waals surface area contributed by atoms with Crippen LogP contribution in [0.5, 0.6) is 0 Å². The van der Waals surface area contributed by atoms with E-state index in [-0.39, 0.29) is 30.0 Å². The highest BCUT2D eigenvalue weighted by atomic mass is 79.9. The summed E-state index contributed by atoms with van der Waals surface area (Å²) in [5.41, 5.74) is 2.68. The molecule has 0 radical (unpaired) electrons. The third-order valence-electron chi connectivity index (χ3n) is 5.22. The summed E-state index contributed by atoms with van der Waals surface area (Å²) in [5.74, 6) is 0.249. The molecule has 3 aliphatic rings. The van der Waals surface area contributed by atoms with Gasteiger partial charge in [-0.25, -0.2) is 0 Å². The minimum Gasteiger partial charge on any atom is -0.335 e. The number of rotatable bonds is 0. The molecule has 2 saturated heterocycles. The Morgan fingerprint density at radius 3 is 3.00 bits per heavy atom. The van der Waals surface area contributed by atoms with E-state index in [2.05, 4.69) is 39.0 Å². The van der Waals surface area contributed by atoms with Crippen LogP contribution < -0.4 is 0 Å². The van der Waals surface area contributed by atoms with Gasteiger partial charge in [-0.2, -0.15) is 5.06 Å². The van der Waals surface area contributed by atoms with E-state index in [0.29, 0.717) is 0 Å².